The number of unbranched alkanes of at least 4 members (excludes halogenated alkanes) is 2. The van der Waals surface area contributed by atoms with Crippen molar-refractivity contribution in [3.63, 3.8) is 0 Å². The zero-order valence-electron chi connectivity index (χ0n) is 13.4. The Hall–Kier alpha value is -1.52. The van der Waals surface area contributed by atoms with Crippen LogP contribution in [0.25, 0.3) is 0 Å². The molecule has 0 atom stereocenters. The number of rotatable bonds is 12. The summed E-state index contributed by atoms with van der Waals surface area (Å²) in [7, 11) is 0. The molecule has 0 heterocycles. The highest BCUT2D eigenvalue weighted by Crippen LogP contribution is 2.05. The lowest BCUT2D eigenvalue weighted by molar-refractivity contribution is -0.143. The molecule has 5 heteroatoms. The maximum atomic E-state index is 11.4. The fraction of sp³-hybridized carbons (Fsp3) is 0.750. The minimum Gasteiger partial charge on any atom is -0.466 e. The number of hydrogen-bond acceptors (Lipinski definition) is 4. The fourth-order valence-electron chi connectivity index (χ4n) is 1.70. The van der Waals surface area contributed by atoms with Gasteiger partial charge in [-0.3, -0.25) is 4.79 Å². The van der Waals surface area contributed by atoms with Gasteiger partial charge in [-0.15, -0.1) is 0 Å². The molecule has 0 rings (SSSR count). The lowest BCUT2D eigenvalue weighted by Crippen LogP contribution is -2.25. The Balaban J connectivity index is 3.32. The van der Waals surface area contributed by atoms with Crippen molar-refractivity contribution in [2.24, 2.45) is 5.92 Å². The van der Waals surface area contributed by atoms with Gasteiger partial charge in [-0.05, 0) is 31.6 Å². The van der Waals surface area contributed by atoms with Crippen LogP contribution in [-0.2, 0) is 14.3 Å². The Morgan fingerprint density at radius 2 is 1.90 bits per heavy atom. The zero-order chi connectivity index (χ0) is 15.9. The average Bonchev–Trinajstić information content (AvgIpc) is 2.44. The number of ether oxygens (including phenoxy) is 2. The molecule has 0 radical (unpaired) electrons. The minimum atomic E-state index is -0.431. The molecule has 0 fully saturated rings. The summed E-state index contributed by atoms with van der Waals surface area (Å²) in [4.78, 5) is 22.5. The number of carbonyl (C=O) groups excluding carboxylic acids is 2. The number of nitrogens with one attached hydrogen (secondary N) is 1. The Labute approximate surface area is 128 Å². The largest absolute Gasteiger partial charge is 0.466 e. The van der Waals surface area contributed by atoms with Crippen molar-refractivity contribution in [2.75, 3.05) is 19.8 Å². The lowest BCUT2D eigenvalue weighted by atomic mass is 10.1. The van der Waals surface area contributed by atoms with Crippen LogP contribution in [-0.4, -0.2) is 31.8 Å². The van der Waals surface area contributed by atoms with Gasteiger partial charge in [0.2, 0.25) is 0 Å². The van der Waals surface area contributed by atoms with Crippen LogP contribution in [0.5, 0.6) is 0 Å². The highest BCUT2D eigenvalue weighted by atomic mass is 16.5. The Kier molecular flexibility index (Phi) is 12.5. The van der Waals surface area contributed by atoms with Crippen LogP contribution in [0.2, 0.25) is 0 Å². The number of carbonyl (C=O) groups is 2. The maximum Gasteiger partial charge on any atom is 0.407 e. The fourth-order valence-corrected chi connectivity index (χ4v) is 1.70. The van der Waals surface area contributed by atoms with Gasteiger partial charge >= 0.3 is 12.1 Å². The minimum absolute atomic E-state index is 0.128. The molecule has 0 saturated heterocycles. The van der Waals surface area contributed by atoms with Gasteiger partial charge in [0.1, 0.15) is 6.61 Å². The molecular formula is C16H29NO4. The molecule has 0 aromatic rings. The van der Waals surface area contributed by atoms with Crippen molar-refractivity contribution < 1.29 is 19.1 Å². The normalized spacial score (nSPS) is 10.2. The Morgan fingerprint density at radius 3 is 2.57 bits per heavy atom. The molecule has 0 aromatic carbocycles. The number of amides is 1. The molecule has 0 unspecified atom stereocenters. The van der Waals surface area contributed by atoms with E-state index >= 15 is 0 Å². The second-order valence-electron chi connectivity index (χ2n) is 5.38. The van der Waals surface area contributed by atoms with E-state index in [1.54, 1.807) is 0 Å². The smallest absolute Gasteiger partial charge is 0.407 e. The molecule has 0 bridgehead atoms. The zero-order valence-corrected chi connectivity index (χ0v) is 13.4. The van der Waals surface area contributed by atoms with Crippen molar-refractivity contribution in [2.45, 2.75) is 52.4 Å². The molecule has 5 nitrogen and oxygen atoms in total. The third-order valence-corrected chi connectivity index (χ3v) is 2.85. The SMILES string of the molecule is C=CCOC(=O)NCCCCCC(=O)OCCCC(C)C. The second kappa shape index (κ2) is 13.5. The molecule has 0 saturated carbocycles. The summed E-state index contributed by atoms with van der Waals surface area (Å²) in [6.45, 7) is 9.06. The topological polar surface area (TPSA) is 64.6 Å². The second-order valence-corrected chi connectivity index (χ2v) is 5.38. The third-order valence-electron chi connectivity index (χ3n) is 2.85. The Bertz CT molecular complexity index is 303. The van der Waals surface area contributed by atoms with Crippen LogP contribution in [0, 0.1) is 5.92 Å². The van der Waals surface area contributed by atoms with Gasteiger partial charge in [0.05, 0.1) is 6.61 Å². The monoisotopic (exact) mass is 299 g/mol. The van der Waals surface area contributed by atoms with E-state index in [-0.39, 0.29) is 12.6 Å². The van der Waals surface area contributed by atoms with Crippen molar-refractivity contribution in [1.82, 2.24) is 5.32 Å². The molecule has 122 valence electrons. The van der Waals surface area contributed by atoms with E-state index in [9.17, 15) is 9.59 Å². The summed E-state index contributed by atoms with van der Waals surface area (Å²) in [5, 5.41) is 2.63. The van der Waals surface area contributed by atoms with Crippen molar-refractivity contribution in [3.8, 4) is 0 Å². The standard InChI is InChI=1S/C16H29NO4/c1-4-12-21-16(19)17-11-7-5-6-10-15(18)20-13-8-9-14(2)3/h4,14H,1,5-13H2,2-3H3,(H,17,19). The van der Waals surface area contributed by atoms with Crippen molar-refractivity contribution >= 4 is 12.1 Å². The summed E-state index contributed by atoms with van der Waals surface area (Å²) in [5.41, 5.74) is 0. The van der Waals surface area contributed by atoms with E-state index in [1.165, 1.54) is 6.08 Å². The molecule has 0 aliphatic heterocycles. The summed E-state index contributed by atoms with van der Waals surface area (Å²) in [5.74, 6) is 0.520. The van der Waals surface area contributed by atoms with Crippen molar-refractivity contribution in [3.05, 3.63) is 12.7 Å². The number of alkyl carbamates (subject to hydrolysis) is 1. The molecule has 1 amide bonds. The van der Waals surface area contributed by atoms with E-state index in [0.29, 0.717) is 25.5 Å². The summed E-state index contributed by atoms with van der Waals surface area (Å²) in [6, 6.07) is 0. The van der Waals surface area contributed by atoms with Gasteiger partial charge in [-0.2, -0.15) is 0 Å². The first-order valence-corrected chi connectivity index (χ1v) is 7.73. The lowest BCUT2D eigenvalue weighted by Gasteiger charge is -2.07. The highest BCUT2D eigenvalue weighted by Gasteiger charge is 2.03. The molecule has 0 aliphatic carbocycles. The van der Waals surface area contributed by atoms with Crippen LogP contribution in [0.1, 0.15) is 52.4 Å². The van der Waals surface area contributed by atoms with Gasteiger partial charge in [0.15, 0.2) is 0 Å². The number of esters is 1. The van der Waals surface area contributed by atoms with E-state index in [1.807, 2.05) is 0 Å². The van der Waals surface area contributed by atoms with Gasteiger partial charge in [-0.25, -0.2) is 4.79 Å². The summed E-state index contributed by atoms with van der Waals surface area (Å²) >= 11 is 0. The van der Waals surface area contributed by atoms with Crippen LogP contribution >= 0.6 is 0 Å². The van der Waals surface area contributed by atoms with Gasteiger partial charge in [-0.1, -0.05) is 32.9 Å². The van der Waals surface area contributed by atoms with Crippen LogP contribution in [0.4, 0.5) is 4.79 Å². The molecule has 0 aromatic heterocycles. The van der Waals surface area contributed by atoms with E-state index < -0.39 is 6.09 Å². The molecular weight excluding hydrogens is 270 g/mol. The maximum absolute atomic E-state index is 11.4. The molecule has 0 aliphatic rings. The third kappa shape index (κ3) is 14.7. The Morgan fingerprint density at radius 1 is 1.14 bits per heavy atom. The first kappa shape index (κ1) is 19.5. The summed E-state index contributed by atoms with van der Waals surface area (Å²) in [6.07, 6.45) is 6.04. The molecule has 1 N–H and O–H groups in total. The van der Waals surface area contributed by atoms with E-state index in [2.05, 4.69) is 25.7 Å². The first-order chi connectivity index (χ1) is 10.1. The van der Waals surface area contributed by atoms with Gasteiger partial charge in [0, 0.05) is 13.0 Å². The van der Waals surface area contributed by atoms with Crippen LogP contribution in [0.3, 0.4) is 0 Å². The molecule has 21 heavy (non-hydrogen) atoms. The van der Waals surface area contributed by atoms with Crippen LogP contribution in [0.15, 0.2) is 12.7 Å². The van der Waals surface area contributed by atoms with Crippen LogP contribution < -0.4 is 5.32 Å². The highest BCUT2D eigenvalue weighted by molar-refractivity contribution is 5.69. The quantitative estimate of drug-likeness (QED) is 0.340. The summed E-state index contributed by atoms with van der Waals surface area (Å²) < 4.78 is 9.91. The van der Waals surface area contributed by atoms with E-state index in [0.717, 1.165) is 32.1 Å². The van der Waals surface area contributed by atoms with E-state index in [4.69, 9.17) is 9.47 Å². The molecule has 0 spiro atoms. The van der Waals surface area contributed by atoms with Crippen molar-refractivity contribution in [1.29, 1.82) is 0 Å². The first-order valence-electron chi connectivity index (χ1n) is 7.73. The average molecular weight is 299 g/mol. The van der Waals surface area contributed by atoms with Gasteiger partial charge < -0.3 is 14.8 Å². The predicted molar refractivity (Wildman–Crippen MR) is 83.0 cm³/mol. The van der Waals surface area contributed by atoms with Gasteiger partial charge in [0.25, 0.3) is 0 Å². The predicted octanol–water partition coefficient (Wildman–Crippen LogP) is 3.44. The number of hydrogen-bond donors (Lipinski definition) is 1.